The first kappa shape index (κ1) is 12.9. The number of aliphatic hydroxyl groups is 1. The summed E-state index contributed by atoms with van der Waals surface area (Å²) in [5.74, 6) is 0.759. The third-order valence-electron chi connectivity index (χ3n) is 2.69. The first-order valence-corrected chi connectivity index (χ1v) is 5.35. The van der Waals surface area contributed by atoms with Crippen LogP contribution in [0.25, 0.3) is 0 Å². The fourth-order valence-electron chi connectivity index (χ4n) is 1.07. The SMILES string of the molecule is CCC(C)(CO)CNCCC(C)C. The van der Waals surface area contributed by atoms with E-state index in [2.05, 4.69) is 33.0 Å². The van der Waals surface area contributed by atoms with Gasteiger partial charge in [0, 0.05) is 18.6 Å². The average Bonchev–Trinajstić information content (AvgIpc) is 2.12. The van der Waals surface area contributed by atoms with Crippen LogP contribution in [0, 0.1) is 11.3 Å². The van der Waals surface area contributed by atoms with Gasteiger partial charge in [-0.3, -0.25) is 0 Å². The Balaban J connectivity index is 3.50. The molecule has 0 spiro atoms. The van der Waals surface area contributed by atoms with Crippen LogP contribution >= 0.6 is 0 Å². The molecule has 0 bridgehead atoms. The van der Waals surface area contributed by atoms with Gasteiger partial charge in [-0.05, 0) is 25.3 Å². The first-order chi connectivity index (χ1) is 6.04. The zero-order valence-corrected chi connectivity index (χ0v) is 9.56. The van der Waals surface area contributed by atoms with Gasteiger partial charge in [0.05, 0.1) is 0 Å². The van der Waals surface area contributed by atoms with Gasteiger partial charge in [0.25, 0.3) is 0 Å². The van der Waals surface area contributed by atoms with E-state index in [1.807, 2.05) is 0 Å². The summed E-state index contributed by atoms with van der Waals surface area (Å²) in [5, 5.41) is 12.6. The maximum absolute atomic E-state index is 9.15. The van der Waals surface area contributed by atoms with Crippen molar-refractivity contribution in [2.45, 2.75) is 40.5 Å². The summed E-state index contributed by atoms with van der Waals surface area (Å²) in [6.45, 7) is 11.0. The molecule has 0 heterocycles. The average molecular weight is 187 g/mol. The molecular formula is C11H25NO. The lowest BCUT2D eigenvalue weighted by molar-refractivity contribution is 0.135. The van der Waals surface area contributed by atoms with Crippen LogP contribution in [-0.2, 0) is 0 Å². The zero-order valence-electron chi connectivity index (χ0n) is 9.56. The Morgan fingerprint density at radius 2 is 2.00 bits per heavy atom. The Bertz CT molecular complexity index is 119. The molecular weight excluding hydrogens is 162 g/mol. The van der Waals surface area contributed by atoms with E-state index in [1.165, 1.54) is 6.42 Å². The van der Waals surface area contributed by atoms with E-state index in [4.69, 9.17) is 5.11 Å². The van der Waals surface area contributed by atoms with Crippen LogP contribution in [0.1, 0.15) is 40.5 Å². The van der Waals surface area contributed by atoms with Gasteiger partial charge in [-0.25, -0.2) is 0 Å². The molecule has 0 radical (unpaired) electrons. The summed E-state index contributed by atoms with van der Waals surface area (Å²) in [6, 6.07) is 0. The van der Waals surface area contributed by atoms with E-state index in [9.17, 15) is 0 Å². The molecule has 0 aromatic carbocycles. The Morgan fingerprint density at radius 1 is 1.38 bits per heavy atom. The second kappa shape index (κ2) is 6.39. The van der Waals surface area contributed by atoms with Crippen molar-refractivity contribution in [3.05, 3.63) is 0 Å². The van der Waals surface area contributed by atoms with Gasteiger partial charge in [-0.2, -0.15) is 0 Å². The number of hydrogen-bond donors (Lipinski definition) is 2. The largest absolute Gasteiger partial charge is 0.396 e. The van der Waals surface area contributed by atoms with Crippen LogP contribution in [0.2, 0.25) is 0 Å². The molecule has 1 atom stereocenters. The van der Waals surface area contributed by atoms with Crippen molar-refractivity contribution < 1.29 is 5.11 Å². The topological polar surface area (TPSA) is 32.3 Å². The fraction of sp³-hybridized carbons (Fsp3) is 1.00. The lowest BCUT2D eigenvalue weighted by Gasteiger charge is -2.26. The maximum Gasteiger partial charge on any atom is 0.0496 e. The molecule has 2 nitrogen and oxygen atoms in total. The summed E-state index contributed by atoms with van der Waals surface area (Å²) >= 11 is 0. The Morgan fingerprint density at radius 3 is 2.38 bits per heavy atom. The summed E-state index contributed by atoms with van der Waals surface area (Å²) in [4.78, 5) is 0. The Labute approximate surface area is 82.7 Å². The number of nitrogens with one attached hydrogen (secondary N) is 1. The minimum Gasteiger partial charge on any atom is -0.396 e. The number of hydrogen-bond acceptors (Lipinski definition) is 2. The maximum atomic E-state index is 9.15. The van der Waals surface area contributed by atoms with Crippen molar-refractivity contribution >= 4 is 0 Å². The molecule has 0 saturated heterocycles. The van der Waals surface area contributed by atoms with Crippen molar-refractivity contribution in [1.29, 1.82) is 0 Å². The zero-order chi connectivity index (χ0) is 10.3. The van der Waals surface area contributed by atoms with Gasteiger partial charge >= 0.3 is 0 Å². The first-order valence-electron chi connectivity index (χ1n) is 5.35. The molecule has 80 valence electrons. The van der Waals surface area contributed by atoms with Crippen LogP contribution in [0.3, 0.4) is 0 Å². The van der Waals surface area contributed by atoms with Crippen molar-refractivity contribution in [3.63, 3.8) is 0 Å². The van der Waals surface area contributed by atoms with Crippen molar-refractivity contribution in [2.24, 2.45) is 11.3 Å². The molecule has 2 heteroatoms. The lowest BCUT2D eigenvalue weighted by atomic mass is 9.88. The van der Waals surface area contributed by atoms with Gasteiger partial charge in [-0.15, -0.1) is 0 Å². The van der Waals surface area contributed by atoms with Crippen molar-refractivity contribution in [3.8, 4) is 0 Å². The molecule has 0 rings (SSSR count). The molecule has 0 aliphatic heterocycles. The Kier molecular flexibility index (Phi) is 6.35. The van der Waals surface area contributed by atoms with Gasteiger partial charge in [0.1, 0.15) is 0 Å². The molecule has 0 aromatic heterocycles. The monoisotopic (exact) mass is 187 g/mol. The van der Waals surface area contributed by atoms with Crippen LogP contribution in [0.4, 0.5) is 0 Å². The summed E-state index contributed by atoms with van der Waals surface area (Å²) in [5.41, 5.74) is 0.0664. The summed E-state index contributed by atoms with van der Waals surface area (Å²) in [7, 11) is 0. The highest BCUT2D eigenvalue weighted by Crippen LogP contribution is 2.18. The molecule has 0 aliphatic rings. The Hall–Kier alpha value is -0.0800. The van der Waals surface area contributed by atoms with Gasteiger partial charge < -0.3 is 10.4 Å². The third kappa shape index (κ3) is 6.05. The highest BCUT2D eigenvalue weighted by molar-refractivity contribution is 4.74. The molecule has 0 amide bonds. The highest BCUT2D eigenvalue weighted by atomic mass is 16.3. The van der Waals surface area contributed by atoms with E-state index in [-0.39, 0.29) is 12.0 Å². The van der Waals surface area contributed by atoms with Gasteiger partial charge in [0.2, 0.25) is 0 Å². The minimum absolute atomic E-state index is 0.0664. The molecule has 0 fully saturated rings. The van der Waals surface area contributed by atoms with Crippen LogP contribution < -0.4 is 5.32 Å². The van der Waals surface area contributed by atoms with Crippen LogP contribution in [0.15, 0.2) is 0 Å². The van der Waals surface area contributed by atoms with Gasteiger partial charge in [0.15, 0.2) is 0 Å². The quantitative estimate of drug-likeness (QED) is 0.598. The molecule has 0 aromatic rings. The van der Waals surface area contributed by atoms with Crippen molar-refractivity contribution in [1.82, 2.24) is 5.32 Å². The summed E-state index contributed by atoms with van der Waals surface area (Å²) in [6.07, 6.45) is 2.24. The van der Waals surface area contributed by atoms with E-state index in [0.29, 0.717) is 0 Å². The van der Waals surface area contributed by atoms with E-state index in [0.717, 1.165) is 25.4 Å². The molecule has 0 saturated carbocycles. The smallest absolute Gasteiger partial charge is 0.0496 e. The van der Waals surface area contributed by atoms with E-state index >= 15 is 0 Å². The summed E-state index contributed by atoms with van der Waals surface area (Å²) < 4.78 is 0. The lowest BCUT2D eigenvalue weighted by Crippen LogP contribution is -2.35. The molecule has 13 heavy (non-hydrogen) atoms. The third-order valence-corrected chi connectivity index (χ3v) is 2.69. The van der Waals surface area contributed by atoms with Crippen LogP contribution in [0.5, 0.6) is 0 Å². The second-order valence-electron chi connectivity index (χ2n) is 4.68. The number of aliphatic hydroxyl groups excluding tert-OH is 1. The predicted molar refractivity (Wildman–Crippen MR) is 57.8 cm³/mol. The second-order valence-corrected chi connectivity index (χ2v) is 4.68. The standard InChI is InChI=1S/C11H25NO/c1-5-11(4,9-13)8-12-7-6-10(2)3/h10,12-13H,5-9H2,1-4H3. The van der Waals surface area contributed by atoms with Gasteiger partial charge in [-0.1, -0.05) is 27.7 Å². The number of rotatable bonds is 7. The van der Waals surface area contributed by atoms with E-state index < -0.39 is 0 Å². The normalized spacial score (nSPS) is 16.2. The van der Waals surface area contributed by atoms with E-state index in [1.54, 1.807) is 0 Å². The van der Waals surface area contributed by atoms with Crippen molar-refractivity contribution in [2.75, 3.05) is 19.7 Å². The molecule has 1 unspecified atom stereocenters. The molecule has 2 N–H and O–H groups in total. The molecule has 0 aliphatic carbocycles. The highest BCUT2D eigenvalue weighted by Gasteiger charge is 2.19. The fourth-order valence-corrected chi connectivity index (χ4v) is 1.07. The van der Waals surface area contributed by atoms with Crippen LogP contribution in [-0.4, -0.2) is 24.8 Å². The minimum atomic E-state index is 0.0664. The predicted octanol–water partition coefficient (Wildman–Crippen LogP) is 2.03.